The monoisotopic (exact) mass is 184 g/mol. The molecule has 2 nitrogen and oxygen atoms in total. The first-order valence-corrected chi connectivity index (χ1v) is 5.71. The molecule has 2 rings (SSSR count). The van der Waals surface area contributed by atoms with Gasteiger partial charge < -0.3 is 10.1 Å². The van der Waals surface area contributed by atoms with E-state index in [1.807, 2.05) is 7.11 Å². The van der Waals surface area contributed by atoms with Crippen LogP contribution in [0.25, 0.3) is 0 Å². The van der Waals surface area contributed by atoms with Gasteiger partial charge in [-0.3, -0.25) is 0 Å². The van der Waals surface area contributed by atoms with Crippen LogP contribution in [0.5, 0.6) is 0 Å². The SMILES string of the molecule is C[OH+]CC1CCCC2CCCNC21. The molecule has 0 spiro atoms. The second kappa shape index (κ2) is 4.43. The minimum Gasteiger partial charge on any atom is -0.436 e. The Morgan fingerprint density at radius 3 is 2.92 bits per heavy atom. The molecule has 1 saturated heterocycles. The molecule has 0 amide bonds. The van der Waals surface area contributed by atoms with Crippen LogP contribution in [0.2, 0.25) is 0 Å². The van der Waals surface area contributed by atoms with Gasteiger partial charge in [-0.25, -0.2) is 0 Å². The number of rotatable bonds is 2. The zero-order valence-electron chi connectivity index (χ0n) is 8.63. The largest absolute Gasteiger partial charge is 0.436 e. The van der Waals surface area contributed by atoms with Crippen molar-refractivity contribution in [1.82, 2.24) is 5.32 Å². The molecule has 0 bridgehead atoms. The van der Waals surface area contributed by atoms with Crippen molar-refractivity contribution in [3.63, 3.8) is 0 Å². The molecule has 1 aliphatic heterocycles. The van der Waals surface area contributed by atoms with Gasteiger partial charge in [-0.15, -0.1) is 0 Å². The number of ether oxygens (including phenoxy) is 1. The van der Waals surface area contributed by atoms with Gasteiger partial charge in [0.05, 0.1) is 0 Å². The Hall–Kier alpha value is -0.0800. The van der Waals surface area contributed by atoms with E-state index in [2.05, 4.69) is 10.1 Å². The van der Waals surface area contributed by atoms with Crippen molar-refractivity contribution in [2.45, 2.75) is 38.1 Å². The average Bonchev–Trinajstić information content (AvgIpc) is 2.19. The molecule has 1 saturated carbocycles. The third kappa shape index (κ3) is 2.05. The first kappa shape index (κ1) is 9.47. The van der Waals surface area contributed by atoms with Gasteiger partial charge in [-0.1, -0.05) is 6.42 Å². The summed E-state index contributed by atoms with van der Waals surface area (Å²) in [6, 6.07) is 0.797. The quantitative estimate of drug-likeness (QED) is 0.643. The van der Waals surface area contributed by atoms with Crippen LogP contribution in [0.4, 0.5) is 0 Å². The molecular weight excluding hydrogens is 162 g/mol. The Labute approximate surface area is 81.0 Å². The molecule has 76 valence electrons. The van der Waals surface area contributed by atoms with Crippen molar-refractivity contribution >= 4 is 0 Å². The summed E-state index contributed by atoms with van der Waals surface area (Å²) in [6.07, 6.45) is 7.13. The van der Waals surface area contributed by atoms with Crippen LogP contribution >= 0.6 is 0 Å². The van der Waals surface area contributed by atoms with E-state index in [9.17, 15) is 0 Å². The summed E-state index contributed by atoms with van der Waals surface area (Å²) in [4.78, 5) is 0. The Morgan fingerprint density at radius 1 is 1.23 bits per heavy atom. The molecule has 0 aromatic heterocycles. The van der Waals surface area contributed by atoms with Crippen LogP contribution in [-0.2, 0) is 0 Å². The predicted molar refractivity (Wildman–Crippen MR) is 54.9 cm³/mol. The van der Waals surface area contributed by atoms with Gasteiger partial charge in [-0.2, -0.15) is 0 Å². The highest BCUT2D eigenvalue weighted by Gasteiger charge is 2.35. The van der Waals surface area contributed by atoms with Crippen molar-refractivity contribution in [2.24, 2.45) is 11.8 Å². The Bertz CT molecular complexity index is 156. The second-order valence-electron chi connectivity index (χ2n) is 4.57. The zero-order chi connectivity index (χ0) is 9.10. The summed E-state index contributed by atoms with van der Waals surface area (Å²) in [5.74, 6) is 1.80. The molecule has 2 N–H and O–H groups in total. The first-order chi connectivity index (χ1) is 6.42. The highest BCUT2D eigenvalue weighted by molar-refractivity contribution is 4.90. The standard InChI is InChI=1S/C11H21NO/c1-13-8-10-5-2-4-9-6-3-7-12-11(9)10/h9-12H,2-8H2,1H3/p+1. The Balaban J connectivity index is 1.94. The lowest BCUT2D eigenvalue weighted by Gasteiger charge is -2.40. The average molecular weight is 184 g/mol. The molecule has 0 radical (unpaired) electrons. The van der Waals surface area contributed by atoms with Crippen molar-refractivity contribution in [1.29, 1.82) is 0 Å². The van der Waals surface area contributed by atoms with E-state index in [4.69, 9.17) is 0 Å². The molecule has 0 aromatic rings. The fourth-order valence-corrected chi connectivity index (χ4v) is 3.12. The van der Waals surface area contributed by atoms with Crippen LogP contribution in [0.15, 0.2) is 0 Å². The van der Waals surface area contributed by atoms with Crippen molar-refractivity contribution in [3.05, 3.63) is 0 Å². The van der Waals surface area contributed by atoms with Crippen LogP contribution < -0.4 is 5.32 Å². The molecular formula is C11H22NO+. The van der Waals surface area contributed by atoms with E-state index in [0.29, 0.717) is 0 Å². The maximum absolute atomic E-state index is 4.31. The van der Waals surface area contributed by atoms with Gasteiger partial charge >= 0.3 is 0 Å². The predicted octanol–water partition coefficient (Wildman–Crippen LogP) is 1.31. The zero-order valence-corrected chi connectivity index (χ0v) is 8.63. The van der Waals surface area contributed by atoms with E-state index < -0.39 is 0 Å². The number of hydrogen-bond donors (Lipinski definition) is 1. The lowest BCUT2D eigenvalue weighted by Crippen LogP contribution is -2.49. The lowest BCUT2D eigenvalue weighted by atomic mass is 9.73. The molecule has 13 heavy (non-hydrogen) atoms. The number of nitrogens with one attached hydrogen (secondary N) is 1. The van der Waals surface area contributed by atoms with Gasteiger partial charge in [0.1, 0.15) is 13.7 Å². The normalized spacial score (nSPS) is 39.9. The minimum absolute atomic E-state index is 0.797. The van der Waals surface area contributed by atoms with Crippen LogP contribution in [0.3, 0.4) is 0 Å². The van der Waals surface area contributed by atoms with E-state index in [1.54, 1.807) is 0 Å². The summed E-state index contributed by atoms with van der Waals surface area (Å²) in [5.41, 5.74) is 0. The highest BCUT2D eigenvalue weighted by atomic mass is 16.5. The van der Waals surface area contributed by atoms with Crippen molar-refractivity contribution in [2.75, 3.05) is 20.3 Å². The topological polar surface area (TPSA) is 24.8 Å². The maximum Gasteiger partial charge on any atom is 0.148 e. The van der Waals surface area contributed by atoms with E-state index >= 15 is 0 Å². The summed E-state index contributed by atoms with van der Waals surface area (Å²) in [7, 11) is 1.95. The van der Waals surface area contributed by atoms with Gasteiger partial charge in [0.2, 0.25) is 0 Å². The Kier molecular flexibility index (Phi) is 3.23. The van der Waals surface area contributed by atoms with Crippen LogP contribution in [0, 0.1) is 11.8 Å². The van der Waals surface area contributed by atoms with Crippen molar-refractivity contribution in [3.8, 4) is 0 Å². The number of aliphatic hydroxyl groups is 2. The summed E-state index contributed by atoms with van der Waals surface area (Å²) in [5, 5.41) is 3.70. The smallest absolute Gasteiger partial charge is 0.148 e. The van der Waals surface area contributed by atoms with Gasteiger partial charge in [0.25, 0.3) is 0 Å². The Morgan fingerprint density at radius 2 is 2.08 bits per heavy atom. The molecule has 0 aromatic carbocycles. The molecule has 1 heterocycles. The lowest BCUT2D eigenvalue weighted by molar-refractivity contribution is -0.0389. The second-order valence-corrected chi connectivity index (χ2v) is 4.57. The third-order valence-corrected chi connectivity index (χ3v) is 3.71. The number of fused-ring (bicyclic) bond motifs is 1. The molecule has 2 fully saturated rings. The van der Waals surface area contributed by atoms with Gasteiger partial charge in [0, 0.05) is 12.0 Å². The maximum atomic E-state index is 4.31. The summed E-state index contributed by atoms with van der Waals surface area (Å²) >= 11 is 0. The molecule has 1 aliphatic carbocycles. The van der Waals surface area contributed by atoms with E-state index in [0.717, 1.165) is 24.5 Å². The fraction of sp³-hybridized carbons (Fsp3) is 1.00. The molecule has 2 aliphatic rings. The molecule has 3 unspecified atom stereocenters. The summed E-state index contributed by atoms with van der Waals surface area (Å²) < 4.78 is 4.31. The number of piperidine rings is 1. The molecule has 2 heteroatoms. The number of hydrogen-bond acceptors (Lipinski definition) is 1. The van der Waals surface area contributed by atoms with Crippen molar-refractivity contribution < 1.29 is 4.74 Å². The van der Waals surface area contributed by atoms with E-state index in [-0.39, 0.29) is 0 Å². The third-order valence-electron chi connectivity index (χ3n) is 3.71. The first-order valence-electron chi connectivity index (χ1n) is 5.71. The van der Waals surface area contributed by atoms with Gasteiger partial charge in [-0.05, 0) is 38.1 Å². The van der Waals surface area contributed by atoms with Crippen LogP contribution in [-0.4, -0.2) is 31.0 Å². The van der Waals surface area contributed by atoms with Gasteiger partial charge in [0.15, 0.2) is 0 Å². The summed E-state index contributed by atoms with van der Waals surface area (Å²) in [6.45, 7) is 2.32. The molecule has 3 atom stereocenters. The highest BCUT2D eigenvalue weighted by Crippen LogP contribution is 2.34. The fourth-order valence-electron chi connectivity index (χ4n) is 3.12. The van der Waals surface area contributed by atoms with Crippen LogP contribution in [0.1, 0.15) is 32.1 Å². The van der Waals surface area contributed by atoms with E-state index in [1.165, 1.54) is 38.6 Å². The minimum atomic E-state index is 0.797.